The minimum Gasteiger partial charge on any atom is -0.392 e. The van der Waals surface area contributed by atoms with Gasteiger partial charge >= 0.3 is 0 Å². The first-order valence-electron chi connectivity index (χ1n) is 4.90. The summed E-state index contributed by atoms with van der Waals surface area (Å²) in [6.07, 6.45) is 0. The van der Waals surface area contributed by atoms with Crippen molar-refractivity contribution >= 4 is 17.4 Å². The lowest BCUT2D eigenvalue weighted by molar-refractivity contribution is -0.385. The summed E-state index contributed by atoms with van der Waals surface area (Å²) in [6, 6.07) is 4.58. The number of hydrogen-bond acceptors (Lipinski definition) is 4. The van der Waals surface area contributed by atoms with Gasteiger partial charge in [-0.1, -0.05) is 20.8 Å². The molecule has 4 nitrogen and oxygen atoms in total. The number of aliphatic hydroxyl groups is 1. The topological polar surface area (TPSA) is 63.4 Å². The zero-order valence-corrected chi connectivity index (χ0v) is 10.4. The van der Waals surface area contributed by atoms with Crippen molar-refractivity contribution in [1.29, 1.82) is 0 Å². The summed E-state index contributed by atoms with van der Waals surface area (Å²) >= 11 is 1.59. The predicted molar refractivity (Wildman–Crippen MR) is 64.6 cm³/mol. The monoisotopic (exact) mass is 241 g/mol. The molecule has 0 aliphatic rings. The number of benzene rings is 1. The number of non-ortho nitro benzene ring substituents is 1. The molecule has 0 saturated carbocycles. The SMILES string of the molecule is CC(C)(C)Sc1ccc([N+](=O)[O-])cc1CO. The molecule has 0 aromatic heterocycles. The fourth-order valence-corrected chi connectivity index (χ4v) is 2.28. The van der Waals surface area contributed by atoms with Crippen LogP contribution in [0.2, 0.25) is 0 Å². The van der Waals surface area contributed by atoms with Crippen LogP contribution in [0.1, 0.15) is 26.3 Å². The normalized spacial score (nSPS) is 11.5. The average Bonchev–Trinajstić information content (AvgIpc) is 2.15. The van der Waals surface area contributed by atoms with Gasteiger partial charge < -0.3 is 5.11 Å². The van der Waals surface area contributed by atoms with Gasteiger partial charge in [-0.05, 0) is 11.6 Å². The van der Waals surface area contributed by atoms with Crippen LogP contribution in [0, 0.1) is 10.1 Å². The third-order valence-electron chi connectivity index (χ3n) is 1.84. The molecule has 1 N–H and O–H groups in total. The first-order chi connectivity index (χ1) is 7.33. The van der Waals surface area contributed by atoms with Gasteiger partial charge in [0.25, 0.3) is 5.69 Å². The number of nitro benzene ring substituents is 1. The van der Waals surface area contributed by atoms with Gasteiger partial charge in [-0.25, -0.2) is 0 Å². The number of aliphatic hydroxyl groups excluding tert-OH is 1. The first-order valence-corrected chi connectivity index (χ1v) is 5.72. The van der Waals surface area contributed by atoms with Crippen LogP contribution in [-0.4, -0.2) is 14.8 Å². The molecule has 5 heteroatoms. The number of thioether (sulfide) groups is 1. The van der Waals surface area contributed by atoms with Crippen molar-refractivity contribution in [2.75, 3.05) is 0 Å². The highest BCUT2D eigenvalue weighted by molar-refractivity contribution is 8.00. The maximum Gasteiger partial charge on any atom is 0.269 e. The third-order valence-corrected chi connectivity index (χ3v) is 3.07. The van der Waals surface area contributed by atoms with Crippen molar-refractivity contribution in [1.82, 2.24) is 0 Å². The Kier molecular flexibility index (Phi) is 3.93. The highest BCUT2D eigenvalue weighted by Gasteiger charge is 2.16. The Morgan fingerprint density at radius 2 is 2.06 bits per heavy atom. The highest BCUT2D eigenvalue weighted by Crippen LogP contribution is 2.35. The maximum absolute atomic E-state index is 10.6. The van der Waals surface area contributed by atoms with Crippen molar-refractivity contribution in [2.24, 2.45) is 0 Å². The van der Waals surface area contributed by atoms with Crippen LogP contribution in [0.5, 0.6) is 0 Å². The Morgan fingerprint density at radius 3 is 2.50 bits per heavy atom. The molecule has 0 atom stereocenters. The quantitative estimate of drug-likeness (QED) is 0.502. The van der Waals surface area contributed by atoms with Gasteiger partial charge in [0.2, 0.25) is 0 Å². The Balaban J connectivity index is 3.07. The van der Waals surface area contributed by atoms with Crippen LogP contribution in [0.3, 0.4) is 0 Å². The smallest absolute Gasteiger partial charge is 0.269 e. The second-order valence-corrected chi connectivity index (χ2v) is 6.29. The standard InChI is InChI=1S/C11H15NO3S/c1-11(2,3)16-10-5-4-9(12(14)15)6-8(10)7-13/h4-6,13H,7H2,1-3H3. The number of rotatable bonds is 3. The van der Waals surface area contributed by atoms with Crippen molar-refractivity contribution < 1.29 is 10.0 Å². The van der Waals surface area contributed by atoms with E-state index in [4.69, 9.17) is 0 Å². The van der Waals surface area contributed by atoms with Crippen LogP contribution >= 0.6 is 11.8 Å². The van der Waals surface area contributed by atoms with Gasteiger partial charge in [-0.15, -0.1) is 11.8 Å². The van der Waals surface area contributed by atoms with Crippen LogP contribution < -0.4 is 0 Å². The van der Waals surface area contributed by atoms with Gasteiger partial charge in [0.05, 0.1) is 11.5 Å². The molecule has 0 heterocycles. The molecule has 16 heavy (non-hydrogen) atoms. The molecule has 0 spiro atoms. The van der Waals surface area contributed by atoms with Crippen LogP contribution in [0.4, 0.5) is 5.69 Å². The molecule has 0 radical (unpaired) electrons. The van der Waals surface area contributed by atoms with Gasteiger partial charge in [0.1, 0.15) is 0 Å². The zero-order valence-electron chi connectivity index (χ0n) is 9.56. The van der Waals surface area contributed by atoms with Crippen LogP contribution in [0.15, 0.2) is 23.1 Å². The summed E-state index contributed by atoms with van der Waals surface area (Å²) in [5.41, 5.74) is 0.622. The number of hydrogen-bond donors (Lipinski definition) is 1. The number of nitrogens with zero attached hydrogens (tertiary/aromatic N) is 1. The minimum absolute atomic E-state index is 0.0139. The number of nitro groups is 1. The average molecular weight is 241 g/mol. The molecule has 0 aliphatic carbocycles. The summed E-state index contributed by atoms with van der Waals surface area (Å²) in [6.45, 7) is 5.99. The molecule has 0 saturated heterocycles. The van der Waals surface area contributed by atoms with Gasteiger partial charge in [0.15, 0.2) is 0 Å². The van der Waals surface area contributed by atoms with E-state index in [1.807, 2.05) is 0 Å². The molecule has 0 fully saturated rings. The van der Waals surface area contributed by atoms with Crippen molar-refractivity contribution in [3.63, 3.8) is 0 Å². The summed E-state index contributed by atoms with van der Waals surface area (Å²) in [5.74, 6) is 0. The van der Waals surface area contributed by atoms with E-state index < -0.39 is 4.92 Å². The second-order valence-electron chi connectivity index (χ2n) is 4.42. The van der Waals surface area contributed by atoms with Gasteiger partial charge in [-0.3, -0.25) is 10.1 Å². The van der Waals surface area contributed by atoms with Crippen LogP contribution in [-0.2, 0) is 6.61 Å². The van der Waals surface area contributed by atoms with Crippen LogP contribution in [0.25, 0.3) is 0 Å². The van der Waals surface area contributed by atoms with Crippen molar-refractivity contribution in [3.8, 4) is 0 Å². The van der Waals surface area contributed by atoms with E-state index in [9.17, 15) is 15.2 Å². The molecule has 1 rings (SSSR count). The summed E-state index contributed by atoms with van der Waals surface area (Å²) in [4.78, 5) is 11.0. The molecule has 88 valence electrons. The van der Waals surface area contributed by atoms with Crippen molar-refractivity contribution in [3.05, 3.63) is 33.9 Å². The van der Waals surface area contributed by atoms with E-state index in [1.165, 1.54) is 12.1 Å². The Hall–Kier alpha value is -1.07. The lowest BCUT2D eigenvalue weighted by Gasteiger charge is -2.19. The van der Waals surface area contributed by atoms with Gasteiger partial charge in [-0.2, -0.15) is 0 Å². The Labute approximate surface area is 98.8 Å². The Morgan fingerprint density at radius 1 is 1.44 bits per heavy atom. The first kappa shape index (κ1) is 13.0. The van der Waals surface area contributed by atoms with Gasteiger partial charge in [0, 0.05) is 21.8 Å². The zero-order chi connectivity index (χ0) is 12.3. The predicted octanol–water partition coefficient (Wildman–Crippen LogP) is 2.98. The van der Waals surface area contributed by atoms with E-state index in [2.05, 4.69) is 20.8 Å². The fraction of sp³-hybridized carbons (Fsp3) is 0.455. The van der Waals surface area contributed by atoms with E-state index >= 15 is 0 Å². The lowest BCUT2D eigenvalue weighted by atomic mass is 10.2. The molecule has 0 aliphatic heterocycles. The molecule has 0 bridgehead atoms. The molecule has 1 aromatic carbocycles. The van der Waals surface area contributed by atoms with E-state index in [-0.39, 0.29) is 17.0 Å². The van der Waals surface area contributed by atoms with E-state index in [0.717, 1.165) is 4.90 Å². The summed E-state index contributed by atoms with van der Waals surface area (Å²) < 4.78 is 0.0139. The minimum atomic E-state index is -0.454. The second kappa shape index (κ2) is 4.84. The maximum atomic E-state index is 10.6. The van der Waals surface area contributed by atoms with E-state index in [1.54, 1.807) is 17.8 Å². The molecule has 0 amide bonds. The summed E-state index contributed by atoms with van der Waals surface area (Å²) in [5, 5.41) is 19.8. The molecule has 1 aromatic rings. The molecule has 0 unspecified atom stereocenters. The Bertz CT molecular complexity index is 399. The molecular weight excluding hydrogens is 226 g/mol. The largest absolute Gasteiger partial charge is 0.392 e. The lowest BCUT2D eigenvalue weighted by Crippen LogP contribution is -2.07. The molecular formula is C11H15NO3S. The fourth-order valence-electron chi connectivity index (χ4n) is 1.23. The van der Waals surface area contributed by atoms with E-state index in [0.29, 0.717) is 5.56 Å². The highest BCUT2D eigenvalue weighted by atomic mass is 32.2. The third kappa shape index (κ3) is 3.50. The van der Waals surface area contributed by atoms with Crippen molar-refractivity contribution in [2.45, 2.75) is 37.0 Å². The summed E-state index contributed by atoms with van der Waals surface area (Å²) in [7, 11) is 0.